The van der Waals surface area contributed by atoms with Gasteiger partial charge in [0.25, 0.3) is 5.91 Å². The lowest BCUT2D eigenvalue weighted by molar-refractivity contribution is 0.0925. The van der Waals surface area contributed by atoms with Gasteiger partial charge in [-0.05, 0) is 64.0 Å². The quantitative estimate of drug-likeness (QED) is 0.833. The lowest BCUT2D eigenvalue weighted by atomic mass is 10.1. The van der Waals surface area contributed by atoms with Gasteiger partial charge in [-0.3, -0.25) is 4.79 Å². The minimum atomic E-state index is -0.140. The van der Waals surface area contributed by atoms with Crippen molar-refractivity contribution in [3.8, 4) is 5.75 Å². The van der Waals surface area contributed by atoms with Crippen LogP contribution in [0.25, 0.3) is 11.0 Å². The SMILES string of the molecule is COc1ccc2oc(C(=O)NCCCN3CCCC3)c(C)c2c1. The van der Waals surface area contributed by atoms with Crippen LogP contribution in [0, 0.1) is 6.92 Å². The standard InChI is InChI=1S/C18H24N2O3/c1-13-15-12-14(22-2)6-7-16(15)23-17(13)18(21)19-8-5-11-20-9-3-4-10-20/h6-7,12H,3-5,8-11H2,1-2H3,(H,19,21). The van der Waals surface area contributed by atoms with E-state index in [-0.39, 0.29) is 5.91 Å². The number of nitrogens with one attached hydrogen (secondary N) is 1. The number of carbonyl (C=O) groups is 1. The molecule has 1 aliphatic rings. The molecule has 1 N–H and O–H groups in total. The van der Waals surface area contributed by atoms with E-state index in [0.29, 0.717) is 17.9 Å². The third-order valence-corrected chi connectivity index (χ3v) is 4.48. The Hall–Kier alpha value is -2.01. The predicted octanol–water partition coefficient (Wildman–Crippen LogP) is 2.97. The van der Waals surface area contributed by atoms with E-state index in [9.17, 15) is 4.79 Å². The van der Waals surface area contributed by atoms with Gasteiger partial charge in [0, 0.05) is 17.5 Å². The molecule has 0 atom stereocenters. The van der Waals surface area contributed by atoms with Gasteiger partial charge in [-0.1, -0.05) is 0 Å². The van der Waals surface area contributed by atoms with Gasteiger partial charge < -0.3 is 19.4 Å². The van der Waals surface area contributed by atoms with Gasteiger partial charge in [0.1, 0.15) is 11.3 Å². The molecule has 5 nitrogen and oxygen atoms in total. The van der Waals surface area contributed by atoms with Crippen molar-refractivity contribution in [2.24, 2.45) is 0 Å². The molecule has 0 radical (unpaired) electrons. The number of hydrogen-bond donors (Lipinski definition) is 1. The molecule has 0 spiro atoms. The zero-order valence-electron chi connectivity index (χ0n) is 13.9. The fourth-order valence-corrected chi connectivity index (χ4v) is 3.13. The molecule has 0 aliphatic carbocycles. The van der Waals surface area contributed by atoms with E-state index in [1.807, 2.05) is 25.1 Å². The molecule has 2 heterocycles. The Morgan fingerprint density at radius 2 is 2.13 bits per heavy atom. The van der Waals surface area contributed by atoms with Crippen LogP contribution < -0.4 is 10.1 Å². The Bertz CT molecular complexity index is 687. The fraction of sp³-hybridized carbons (Fsp3) is 0.500. The largest absolute Gasteiger partial charge is 0.497 e. The summed E-state index contributed by atoms with van der Waals surface area (Å²) in [6, 6.07) is 5.58. The van der Waals surface area contributed by atoms with Crippen LogP contribution in [-0.2, 0) is 0 Å². The summed E-state index contributed by atoms with van der Waals surface area (Å²) in [6.07, 6.45) is 3.57. The molecular weight excluding hydrogens is 292 g/mol. The highest BCUT2D eigenvalue weighted by atomic mass is 16.5. The highest BCUT2D eigenvalue weighted by Gasteiger charge is 2.18. The number of furan rings is 1. The smallest absolute Gasteiger partial charge is 0.287 e. The van der Waals surface area contributed by atoms with Gasteiger partial charge in [0.2, 0.25) is 0 Å². The number of methoxy groups -OCH3 is 1. The second-order valence-corrected chi connectivity index (χ2v) is 6.08. The number of likely N-dealkylation sites (tertiary alicyclic amines) is 1. The number of hydrogen-bond acceptors (Lipinski definition) is 4. The molecule has 1 fully saturated rings. The summed E-state index contributed by atoms with van der Waals surface area (Å²) in [5, 5.41) is 3.89. The Labute approximate surface area is 136 Å². The van der Waals surface area contributed by atoms with Crippen LogP contribution in [0.5, 0.6) is 5.75 Å². The lowest BCUT2D eigenvalue weighted by Gasteiger charge is -2.14. The molecule has 0 unspecified atom stereocenters. The van der Waals surface area contributed by atoms with Crippen LogP contribution in [0.1, 0.15) is 35.4 Å². The first kappa shape index (κ1) is 15.9. The topological polar surface area (TPSA) is 54.7 Å². The van der Waals surface area contributed by atoms with Crippen molar-refractivity contribution in [1.82, 2.24) is 10.2 Å². The number of rotatable bonds is 6. The average Bonchev–Trinajstić information content (AvgIpc) is 3.19. The minimum Gasteiger partial charge on any atom is -0.497 e. The van der Waals surface area contributed by atoms with Crippen molar-refractivity contribution < 1.29 is 13.9 Å². The normalized spacial score (nSPS) is 15.2. The summed E-state index contributed by atoms with van der Waals surface area (Å²) >= 11 is 0. The van der Waals surface area contributed by atoms with Crippen LogP contribution in [0.4, 0.5) is 0 Å². The number of amides is 1. The molecule has 23 heavy (non-hydrogen) atoms. The van der Waals surface area contributed by atoms with Crippen LogP contribution in [0.15, 0.2) is 22.6 Å². The summed E-state index contributed by atoms with van der Waals surface area (Å²) in [7, 11) is 1.63. The monoisotopic (exact) mass is 316 g/mol. The van der Waals surface area contributed by atoms with Crippen molar-refractivity contribution in [3.05, 3.63) is 29.5 Å². The minimum absolute atomic E-state index is 0.140. The van der Waals surface area contributed by atoms with E-state index in [4.69, 9.17) is 9.15 Å². The molecule has 0 bridgehead atoms. The molecule has 124 valence electrons. The van der Waals surface area contributed by atoms with Gasteiger partial charge in [-0.2, -0.15) is 0 Å². The van der Waals surface area contributed by atoms with Crippen molar-refractivity contribution in [3.63, 3.8) is 0 Å². The van der Waals surface area contributed by atoms with Crippen LogP contribution in [0.2, 0.25) is 0 Å². The highest BCUT2D eigenvalue weighted by Crippen LogP contribution is 2.28. The number of ether oxygens (including phenoxy) is 1. The van der Waals surface area contributed by atoms with Crippen molar-refractivity contribution in [2.75, 3.05) is 33.3 Å². The number of aryl methyl sites for hydroxylation is 1. The summed E-state index contributed by atoms with van der Waals surface area (Å²) in [6.45, 7) is 6.02. The molecule has 1 aliphatic heterocycles. The van der Waals surface area contributed by atoms with E-state index < -0.39 is 0 Å². The summed E-state index contributed by atoms with van der Waals surface area (Å²) < 4.78 is 10.9. The summed E-state index contributed by atoms with van der Waals surface area (Å²) in [5.41, 5.74) is 1.57. The van der Waals surface area contributed by atoms with E-state index in [1.165, 1.54) is 25.9 Å². The number of carbonyl (C=O) groups excluding carboxylic acids is 1. The maximum Gasteiger partial charge on any atom is 0.287 e. The van der Waals surface area contributed by atoms with Gasteiger partial charge in [-0.15, -0.1) is 0 Å². The highest BCUT2D eigenvalue weighted by molar-refractivity contribution is 5.99. The Morgan fingerprint density at radius 1 is 1.35 bits per heavy atom. The van der Waals surface area contributed by atoms with E-state index in [0.717, 1.165) is 29.7 Å². The Morgan fingerprint density at radius 3 is 2.87 bits per heavy atom. The number of fused-ring (bicyclic) bond motifs is 1. The summed E-state index contributed by atoms with van der Waals surface area (Å²) in [5.74, 6) is 1.02. The molecule has 1 amide bonds. The van der Waals surface area contributed by atoms with Crippen molar-refractivity contribution in [1.29, 1.82) is 0 Å². The molecule has 1 saturated heterocycles. The first-order valence-electron chi connectivity index (χ1n) is 8.27. The van der Waals surface area contributed by atoms with Gasteiger partial charge in [0.15, 0.2) is 5.76 Å². The third kappa shape index (κ3) is 3.50. The Kier molecular flexibility index (Phi) is 4.86. The molecule has 5 heteroatoms. The van der Waals surface area contributed by atoms with Crippen molar-refractivity contribution in [2.45, 2.75) is 26.2 Å². The second kappa shape index (κ2) is 7.04. The van der Waals surface area contributed by atoms with Crippen LogP contribution in [0.3, 0.4) is 0 Å². The number of benzene rings is 1. The van der Waals surface area contributed by atoms with Crippen LogP contribution >= 0.6 is 0 Å². The molecule has 2 aromatic rings. The zero-order chi connectivity index (χ0) is 16.2. The van der Waals surface area contributed by atoms with Crippen molar-refractivity contribution >= 4 is 16.9 Å². The molecule has 1 aromatic carbocycles. The van der Waals surface area contributed by atoms with E-state index in [1.54, 1.807) is 7.11 Å². The third-order valence-electron chi connectivity index (χ3n) is 4.48. The van der Waals surface area contributed by atoms with Gasteiger partial charge in [0.05, 0.1) is 7.11 Å². The van der Waals surface area contributed by atoms with E-state index in [2.05, 4.69) is 10.2 Å². The number of nitrogens with zero attached hydrogens (tertiary/aromatic N) is 1. The predicted molar refractivity (Wildman–Crippen MR) is 90.1 cm³/mol. The molecular formula is C18H24N2O3. The first-order valence-corrected chi connectivity index (χ1v) is 8.27. The zero-order valence-corrected chi connectivity index (χ0v) is 13.9. The molecule has 3 rings (SSSR count). The second-order valence-electron chi connectivity index (χ2n) is 6.08. The van der Waals surface area contributed by atoms with E-state index >= 15 is 0 Å². The Balaban J connectivity index is 1.60. The first-order chi connectivity index (χ1) is 11.2. The van der Waals surface area contributed by atoms with Gasteiger partial charge in [-0.25, -0.2) is 0 Å². The lowest BCUT2D eigenvalue weighted by Crippen LogP contribution is -2.28. The maximum atomic E-state index is 12.3. The van der Waals surface area contributed by atoms with Crippen LogP contribution in [-0.4, -0.2) is 44.1 Å². The fourth-order valence-electron chi connectivity index (χ4n) is 3.13. The molecule has 1 aromatic heterocycles. The van der Waals surface area contributed by atoms with Gasteiger partial charge >= 0.3 is 0 Å². The maximum absolute atomic E-state index is 12.3. The average molecular weight is 316 g/mol. The molecule has 0 saturated carbocycles. The summed E-state index contributed by atoms with van der Waals surface area (Å²) in [4.78, 5) is 14.8.